The van der Waals surface area contributed by atoms with Crippen LogP contribution in [0.2, 0.25) is 0 Å². The molecule has 12 rings (SSSR count). The number of hydrogen-bond acceptors (Lipinski definition) is 4. The van der Waals surface area contributed by atoms with Gasteiger partial charge in [0, 0.05) is 32.7 Å². The molecule has 0 amide bonds. The van der Waals surface area contributed by atoms with Crippen molar-refractivity contribution in [1.29, 1.82) is 21.0 Å². The SMILES string of the molecule is [C-]#[N+]c1cc(C#N)cc(-c2ccc3c4ccc(-c5cc(C#N)cc([N+]#[C-])c5)cc4n(-c4cc(-c5c([N+]#[C-])cccc5C(F)(F)F)c([N+]#[C-])cc4-n4c5cc(-c6cc(C#N)cc(C#N)c6)ccc5c5ccc(-c6cc([N+]#[C-])cc([N+]#[C-])c6)cc54)c3c2)c1. The molecule has 0 atom stereocenters. The van der Waals surface area contributed by atoms with Crippen molar-refractivity contribution in [2.45, 2.75) is 6.18 Å². The average Bonchev–Trinajstić information content (AvgIpc) is 1.89. The van der Waals surface area contributed by atoms with Crippen molar-refractivity contribution in [2.24, 2.45) is 0 Å². The van der Waals surface area contributed by atoms with Gasteiger partial charge in [-0.3, -0.25) is 0 Å². The molecule has 0 aliphatic rings. The van der Waals surface area contributed by atoms with Gasteiger partial charge in [-0.1, -0.05) is 84.9 Å². The van der Waals surface area contributed by atoms with E-state index in [4.69, 9.17) is 39.4 Å². The van der Waals surface area contributed by atoms with E-state index in [1.165, 1.54) is 42.5 Å². The molecule has 0 bridgehead atoms. The fraction of sp³-hybridized carbons (Fsp3) is 0.0141. The minimum atomic E-state index is -5.01. The largest absolute Gasteiger partial charge is 0.415 e. The van der Waals surface area contributed by atoms with Crippen molar-refractivity contribution in [3.63, 3.8) is 0 Å². The lowest BCUT2D eigenvalue weighted by Gasteiger charge is -2.22. The van der Waals surface area contributed by atoms with E-state index in [1.54, 1.807) is 48.5 Å². The van der Waals surface area contributed by atoms with E-state index >= 15 is 13.2 Å². The molecule has 0 spiro atoms. The summed E-state index contributed by atoms with van der Waals surface area (Å²) in [5, 5.41) is 43.0. The summed E-state index contributed by atoms with van der Waals surface area (Å²) in [4.78, 5) is 22.1. The molecule has 12 aromatic rings. The zero-order valence-corrected chi connectivity index (χ0v) is 44.2. The number of hydrogen-bond donors (Lipinski definition) is 0. The first kappa shape index (κ1) is 53.1. The smallest absolute Gasteiger partial charge is 0.308 e. The van der Waals surface area contributed by atoms with E-state index in [9.17, 15) is 21.0 Å². The number of alkyl halides is 3. The Morgan fingerprint density at radius 2 is 0.686 bits per heavy atom. The van der Waals surface area contributed by atoms with Crippen LogP contribution in [0.15, 0.2) is 176 Å². The standard InChI is InChI=1S/C71H29F3N12/c1-79-52-23-42(38-77)21-49(25-52)45-11-15-56-57-16-12-46(50-22-43(39-78)24-53(26-50)80-2)31-65(57)85(64(56)30-45)68-34-60(70-61(71(72,73)74)8-7-9-62(70)83-5)63(84-6)35-69(68)86-66-29-44(48-19-40(36-75)18-41(20-48)37-76)10-14-58(66)59-17-13-47(32-67(59)86)51-27-54(81-3)33-55(28-51)82-4/h7-35H. The molecule has 0 aliphatic heterocycles. The van der Waals surface area contributed by atoms with Crippen LogP contribution in [0.1, 0.15) is 27.8 Å². The third-order valence-corrected chi connectivity index (χ3v) is 15.0. The van der Waals surface area contributed by atoms with Crippen molar-refractivity contribution in [1.82, 2.24) is 9.13 Å². The Kier molecular flexibility index (Phi) is 12.9. The second-order valence-electron chi connectivity index (χ2n) is 19.8. The van der Waals surface area contributed by atoms with Gasteiger partial charge in [0.25, 0.3) is 0 Å². The maximum atomic E-state index is 15.6. The highest BCUT2D eigenvalue weighted by atomic mass is 19.4. The molecule has 86 heavy (non-hydrogen) atoms. The molecule has 15 heteroatoms. The summed E-state index contributed by atoms with van der Waals surface area (Å²) < 4.78 is 50.4. The van der Waals surface area contributed by atoms with Crippen molar-refractivity contribution in [2.75, 3.05) is 0 Å². The van der Waals surface area contributed by atoms with E-state index < -0.39 is 17.3 Å². The molecule has 0 fully saturated rings. The minimum absolute atomic E-state index is 0.188. The molecule has 2 aromatic heterocycles. The van der Waals surface area contributed by atoms with Gasteiger partial charge in [0.15, 0.2) is 34.1 Å². The number of nitrogens with zero attached hydrogens (tertiary/aromatic N) is 12. The average molecular weight is 1110 g/mol. The summed E-state index contributed by atoms with van der Waals surface area (Å²) in [6, 6.07) is 56.0. The molecule has 2 heterocycles. The molecular weight excluding hydrogens is 1080 g/mol. The van der Waals surface area contributed by atoms with E-state index in [-0.39, 0.29) is 73.3 Å². The van der Waals surface area contributed by atoms with Crippen LogP contribution < -0.4 is 0 Å². The van der Waals surface area contributed by atoms with Gasteiger partial charge in [0.05, 0.1) is 114 Å². The van der Waals surface area contributed by atoms with Gasteiger partial charge in [-0.15, -0.1) is 0 Å². The Morgan fingerprint density at radius 1 is 0.337 bits per heavy atom. The van der Waals surface area contributed by atoms with Crippen LogP contribution >= 0.6 is 0 Å². The lowest BCUT2D eigenvalue weighted by atomic mass is 9.94. The van der Waals surface area contributed by atoms with E-state index in [2.05, 4.69) is 53.3 Å². The topological polar surface area (TPSA) is 131 Å². The molecule has 12 nitrogen and oxygen atoms in total. The number of rotatable bonds is 7. The maximum Gasteiger partial charge on any atom is 0.415 e. The first-order valence-electron chi connectivity index (χ1n) is 25.8. The zero-order valence-electron chi connectivity index (χ0n) is 44.2. The highest BCUT2D eigenvalue weighted by Crippen LogP contribution is 2.50. The van der Waals surface area contributed by atoms with Gasteiger partial charge in [-0.05, 0) is 147 Å². The van der Waals surface area contributed by atoms with E-state index in [0.717, 1.165) is 12.1 Å². The Morgan fingerprint density at radius 3 is 1.05 bits per heavy atom. The maximum absolute atomic E-state index is 15.6. The predicted octanol–water partition coefficient (Wildman–Crippen LogP) is 20.0. The molecule has 0 unspecified atom stereocenters. The quantitative estimate of drug-likeness (QED) is 0.147. The van der Waals surface area contributed by atoms with Gasteiger partial charge in [-0.25, -0.2) is 29.1 Å². The van der Waals surface area contributed by atoms with E-state index in [0.29, 0.717) is 88.1 Å². The third kappa shape index (κ3) is 9.00. The number of benzene rings is 10. The number of aromatic nitrogens is 2. The fourth-order valence-electron chi connectivity index (χ4n) is 11.3. The van der Waals surface area contributed by atoms with Crippen LogP contribution in [0, 0.1) is 84.8 Å². The number of halogens is 3. The van der Waals surface area contributed by atoms with Crippen molar-refractivity contribution in [3.05, 3.63) is 272 Å². The third-order valence-electron chi connectivity index (χ3n) is 15.0. The first-order chi connectivity index (χ1) is 41.7. The van der Waals surface area contributed by atoms with Crippen LogP contribution in [0.3, 0.4) is 0 Å². The monoisotopic (exact) mass is 1110 g/mol. The summed E-state index contributed by atoms with van der Waals surface area (Å²) >= 11 is 0. The summed E-state index contributed by atoms with van der Waals surface area (Å²) in [6.07, 6.45) is -5.01. The van der Waals surface area contributed by atoms with Crippen LogP contribution in [0.5, 0.6) is 0 Å². The molecule has 10 aromatic carbocycles. The van der Waals surface area contributed by atoms with E-state index in [1.807, 2.05) is 81.9 Å². The van der Waals surface area contributed by atoms with Gasteiger partial charge in [0.1, 0.15) is 0 Å². The van der Waals surface area contributed by atoms with Crippen molar-refractivity contribution >= 4 is 77.7 Å². The zero-order chi connectivity index (χ0) is 60.1. The molecule has 0 aliphatic carbocycles. The summed E-state index contributed by atoms with van der Waals surface area (Å²) in [6.45, 7) is 48.6. The lowest BCUT2D eigenvalue weighted by Crippen LogP contribution is -2.08. The molecular formula is C71H29F3N12. The van der Waals surface area contributed by atoms with Gasteiger partial charge in [-0.2, -0.15) is 34.2 Å². The van der Waals surface area contributed by atoms with Crippen LogP contribution in [-0.4, -0.2) is 9.13 Å². The molecule has 0 radical (unpaired) electrons. The highest BCUT2D eigenvalue weighted by molar-refractivity contribution is 6.14. The second kappa shape index (κ2) is 20.9. The van der Waals surface area contributed by atoms with Crippen LogP contribution in [0.4, 0.5) is 47.3 Å². The second-order valence-corrected chi connectivity index (χ2v) is 19.8. The Balaban J connectivity index is 1.31. The van der Waals surface area contributed by atoms with Gasteiger partial charge >= 0.3 is 6.18 Å². The van der Waals surface area contributed by atoms with Gasteiger partial charge in [0.2, 0.25) is 0 Å². The van der Waals surface area contributed by atoms with Crippen LogP contribution in [-0.2, 0) is 6.18 Å². The summed E-state index contributed by atoms with van der Waals surface area (Å²) in [5.41, 5.74) is 5.79. The summed E-state index contributed by atoms with van der Waals surface area (Å²) in [5.74, 6) is 0. The Labute approximate surface area is 488 Å². The predicted molar refractivity (Wildman–Crippen MR) is 324 cm³/mol. The highest BCUT2D eigenvalue weighted by Gasteiger charge is 2.36. The van der Waals surface area contributed by atoms with Gasteiger partial charge < -0.3 is 9.13 Å². The first-order valence-corrected chi connectivity index (χ1v) is 25.8. The summed E-state index contributed by atoms with van der Waals surface area (Å²) in [7, 11) is 0. The normalized spacial score (nSPS) is 10.8. The Hall–Kier alpha value is -13.5. The fourth-order valence-corrected chi connectivity index (χ4v) is 11.3. The number of nitriles is 4. The van der Waals surface area contributed by atoms with Crippen molar-refractivity contribution in [3.8, 4) is 91.3 Å². The minimum Gasteiger partial charge on any atom is -0.308 e. The molecule has 0 N–H and O–H groups in total. The Bertz CT molecular complexity index is 5100. The lowest BCUT2D eigenvalue weighted by molar-refractivity contribution is -0.137. The molecule has 394 valence electrons. The molecule has 0 saturated carbocycles. The van der Waals surface area contributed by atoms with Crippen LogP contribution in [0.25, 0.3) is 140 Å². The number of fused-ring (bicyclic) bond motifs is 6. The van der Waals surface area contributed by atoms with Crippen molar-refractivity contribution < 1.29 is 13.2 Å². The molecule has 0 saturated heterocycles.